The number of hydrogen-bond donors (Lipinski definition) is 3. The third-order valence-corrected chi connectivity index (χ3v) is 2.74. The number of phenolic OH excluding ortho intramolecular Hbond substituents is 1. The molecule has 0 unspecified atom stereocenters. The van der Waals surface area contributed by atoms with E-state index in [4.69, 9.17) is 0 Å². The topological polar surface area (TPSA) is 69.1 Å². The van der Waals surface area contributed by atoms with Gasteiger partial charge in [0, 0.05) is 22.9 Å². The van der Waals surface area contributed by atoms with E-state index < -0.39 is 0 Å². The molecule has 0 amide bonds. The first-order chi connectivity index (χ1) is 7.65. The number of rotatable bonds is 0. The van der Waals surface area contributed by atoms with Crippen LogP contribution in [0.25, 0.3) is 21.8 Å². The molecule has 3 N–H and O–H groups in total. The summed E-state index contributed by atoms with van der Waals surface area (Å²) in [5.41, 5.74) is 2.47. The molecule has 3 rings (SSSR count). The molecule has 0 aliphatic carbocycles. The van der Waals surface area contributed by atoms with Gasteiger partial charge in [0.25, 0.3) is 0 Å². The second kappa shape index (κ2) is 2.88. The molecule has 1 aromatic carbocycles. The van der Waals surface area contributed by atoms with E-state index in [0.29, 0.717) is 0 Å². The van der Waals surface area contributed by atoms with Gasteiger partial charge in [-0.05, 0) is 19.1 Å². The Morgan fingerprint density at radius 3 is 2.75 bits per heavy atom. The minimum atomic E-state index is 0.0129. The van der Waals surface area contributed by atoms with Crippen molar-refractivity contribution in [3.8, 4) is 11.6 Å². The number of aromatic amines is 1. The van der Waals surface area contributed by atoms with E-state index in [2.05, 4.69) is 9.97 Å². The first kappa shape index (κ1) is 9.03. The van der Waals surface area contributed by atoms with E-state index in [1.54, 1.807) is 18.2 Å². The zero-order valence-corrected chi connectivity index (χ0v) is 8.65. The monoisotopic (exact) mass is 214 g/mol. The second-order valence-corrected chi connectivity index (χ2v) is 3.84. The molecule has 4 heteroatoms. The number of fused-ring (bicyclic) bond motifs is 3. The molecule has 0 fully saturated rings. The lowest BCUT2D eigenvalue weighted by Crippen LogP contribution is -1.82. The summed E-state index contributed by atoms with van der Waals surface area (Å²) >= 11 is 0. The van der Waals surface area contributed by atoms with Gasteiger partial charge >= 0.3 is 0 Å². The minimum absolute atomic E-state index is 0.0129. The van der Waals surface area contributed by atoms with E-state index in [9.17, 15) is 10.2 Å². The highest BCUT2D eigenvalue weighted by atomic mass is 16.3. The molecule has 16 heavy (non-hydrogen) atoms. The minimum Gasteiger partial charge on any atom is -0.508 e. The molecule has 0 spiro atoms. The molecule has 4 nitrogen and oxygen atoms in total. The van der Waals surface area contributed by atoms with Crippen LogP contribution in [0.5, 0.6) is 11.6 Å². The van der Waals surface area contributed by atoms with Gasteiger partial charge in [0.2, 0.25) is 5.88 Å². The SMILES string of the molecule is Cc1nc(O)cc2c1[nH]c1cc(O)ccc12. The van der Waals surface area contributed by atoms with Gasteiger partial charge in [0.05, 0.1) is 16.7 Å². The smallest absolute Gasteiger partial charge is 0.211 e. The Morgan fingerprint density at radius 1 is 1.12 bits per heavy atom. The van der Waals surface area contributed by atoms with Crippen molar-refractivity contribution in [2.75, 3.05) is 0 Å². The van der Waals surface area contributed by atoms with Crippen molar-refractivity contribution in [3.63, 3.8) is 0 Å². The van der Waals surface area contributed by atoms with Crippen LogP contribution in [0.3, 0.4) is 0 Å². The maximum Gasteiger partial charge on any atom is 0.211 e. The fourth-order valence-electron chi connectivity index (χ4n) is 2.03. The van der Waals surface area contributed by atoms with Crippen LogP contribution in [0.15, 0.2) is 24.3 Å². The Balaban J connectivity index is 2.55. The van der Waals surface area contributed by atoms with Gasteiger partial charge < -0.3 is 15.2 Å². The third-order valence-electron chi connectivity index (χ3n) is 2.74. The lowest BCUT2D eigenvalue weighted by atomic mass is 10.1. The molecular weight excluding hydrogens is 204 g/mol. The summed E-state index contributed by atoms with van der Waals surface area (Å²) in [6, 6.07) is 6.73. The Kier molecular flexibility index (Phi) is 1.63. The maximum absolute atomic E-state index is 9.47. The van der Waals surface area contributed by atoms with Crippen LogP contribution in [0, 0.1) is 6.92 Å². The Morgan fingerprint density at radius 2 is 1.94 bits per heavy atom. The maximum atomic E-state index is 9.47. The van der Waals surface area contributed by atoms with Gasteiger partial charge in [-0.25, -0.2) is 4.98 Å². The highest BCUT2D eigenvalue weighted by molar-refractivity contribution is 6.08. The molecule has 80 valence electrons. The van der Waals surface area contributed by atoms with Crippen molar-refractivity contribution in [2.24, 2.45) is 0 Å². The first-order valence-corrected chi connectivity index (χ1v) is 4.96. The molecule has 3 aromatic rings. The molecule has 0 radical (unpaired) electrons. The number of benzene rings is 1. The first-order valence-electron chi connectivity index (χ1n) is 4.96. The van der Waals surface area contributed by atoms with Crippen molar-refractivity contribution in [1.29, 1.82) is 0 Å². The third kappa shape index (κ3) is 1.13. The van der Waals surface area contributed by atoms with Gasteiger partial charge in [-0.3, -0.25) is 0 Å². The van der Waals surface area contributed by atoms with Gasteiger partial charge in [0.15, 0.2) is 0 Å². The number of phenols is 1. The van der Waals surface area contributed by atoms with Crippen LogP contribution in [-0.2, 0) is 0 Å². The normalized spacial score (nSPS) is 11.3. The standard InChI is InChI=1S/C12H10N2O2/c1-6-12-9(5-11(16)13-6)8-3-2-7(15)4-10(8)14-12/h2-5,14-15H,1H3,(H,13,16). The fourth-order valence-corrected chi connectivity index (χ4v) is 2.03. The van der Waals surface area contributed by atoms with Crippen LogP contribution < -0.4 is 0 Å². The number of H-pyrrole nitrogens is 1. The van der Waals surface area contributed by atoms with Gasteiger partial charge in [0.1, 0.15) is 5.75 Å². The highest BCUT2D eigenvalue weighted by Gasteiger charge is 2.09. The van der Waals surface area contributed by atoms with Crippen molar-refractivity contribution < 1.29 is 10.2 Å². The number of nitrogens with zero attached hydrogens (tertiary/aromatic N) is 1. The summed E-state index contributed by atoms with van der Waals surface area (Å²) in [7, 11) is 0. The zero-order chi connectivity index (χ0) is 11.3. The molecule has 0 aliphatic heterocycles. The van der Waals surface area contributed by atoms with Crippen LogP contribution in [0.4, 0.5) is 0 Å². The van der Waals surface area contributed by atoms with Crippen LogP contribution in [-0.4, -0.2) is 20.2 Å². The Bertz CT molecular complexity index is 701. The quantitative estimate of drug-likeness (QED) is 0.538. The largest absolute Gasteiger partial charge is 0.508 e. The van der Waals surface area contributed by atoms with Crippen LogP contribution >= 0.6 is 0 Å². The summed E-state index contributed by atoms with van der Waals surface area (Å²) in [4.78, 5) is 7.16. The average Bonchev–Trinajstić information content (AvgIpc) is 2.56. The van der Waals surface area contributed by atoms with Crippen molar-refractivity contribution in [1.82, 2.24) is 9.97 Å². The number of aryl methyl sites for hydroxylation is 1. The van der Waals surface area contributed by atoms with Crippen molar-refractivity contribution in [2.45, 2.75) is 6.92 Å². The van der Waals surface area contributed by atoms with E-state index in [1.807, 2.05) is 13.0 Å². The van der Waals surface area contributed by atoms with Crippen LogP contribution in [0.2, 0.25) is 0 Å². The lowest BCUT2D eigenvalue weighted by molar-refractivity contribution is 0.453. The highest BCUT2D eigenvalue weighted by Crippen LogP contribution is 2.30. The van der Waals surface area contributed by atoms with E-state index in [1.165, 1.54) is 0 Å². The predicted octanol–water partition coefficient (Wildman–Crippen LogP) is 2.44. The number of aromatic hydroxyl groups is 2. The van der Waals surface area contributed by atoms with Gasteiger partial charge in [-0.2, -0.15) is 0 Å². The molecule has 0 aliphatic rings. The Labute approximate surface area is 91.2 Å². The number of nitrogens with one attached hydrogen (secondary N) is 1. The number of pyridine rings is 1. The Hall–Kier alpha value is -2.23. The van der Waals surface area contributed by atoms with E-state index >= 15 is 0 Å². The second-order valence-electron chi connectivity index (χ2n) is 3.84. The number of hydrogen-bond acceptors (Lipinski definition) is 3. The summed E-state index contributed by atoms with van der Waals surface area (Å²) < 4.78 is 0. The van der Waals surface area contributed by atoms with Gasteiger partial charge in [-0.1, -0.05) is 0 Å². The molecule has 2 aromatic heterocycles. The van der Waals surface area contributed by atoms with E-state index in [-0.39, 0.29) is 11.6 Å². The molecule has 0 saturated carbocycles. The number of aromatic nitrogens is 2. The summed E-state index contributed by atoms with van der Waals surface area (Å²) in [5, 5.41) is 20.7. The molecule has 0 atom stereocenters. The summed E-state index contributed by atoms with van der Waals surface area (Å²) in [6.07, 6.45) is 0. The van der Waals surface area contributed by atoms with Crippen molar-refractivity contribution >= 4 is 21.8 Å². The fraction of sp³-hybridized carbons (Fsp3) is 0.0833. The average molecular weight is 214 g/mol. The zero-order valence-electron chi connectivity index (χ0n) is 8.65. The van der Waals surface area contributed by atoms with E-state index in [0.717, 1.165) is 27.5 Å². The molecule has 2 heterocycles. The van der Waals surface area contributed by atoms with Crippen LogP contribution in [0.1, 0.15) is 5.69 Å². The van der Waals surface area contributed by atoms with Gasteiger partial charge in [-0.15, -0.1) is 0 Å². The molecule has 0 saturated heterocycles. The molecular formula is C12H10N2O2. The van der Waals surface area contributed by atoms with Crippen molar-refractivity contribution in [3.05, 3.63) is 30.0 Å². The summed E-state index contributed by atoms with van der Waals surface area (Å²) in [5.74, 6) is 0.230. The molecule has 0 bridgehead atoms. The summed E-state index contributed by atoms with van der Waals surface area (Å²) in [6.45, 7) is 1.83. The predicted molar refractivity (Wildman–Crippen MR) is 61.7 cm³/mol. The lowest BCUT2D eigenvalue weighted by Gasteiger charge is -1.96.